The van der Waals surface area contributed by atoms with Crippen LogP contribution in [-0.2, 0) is 6.42 Å². The Morgan fingerprint density at radius 3 is 2.78 bits per heavy atom. The number of ether oxygens (including phenoxy) is 1. The molecule has 1 aromatic carbocycles. The van der Waals surface area contributed by atoms with E-state index in [0.29, 0.717) is 10.9 Å². The molecule has 0 radical (unpaired) electrons. The Bertz CT molecular complexity index is 578. The number of rotatable bonds is 3. The molecule has 0 fully saturated rings. The summed E-state index contributed by atoms with van der Waals surface area (Å²) in [7, 11) is 0. The topological polar surface area (TPSA) is 35.0 Å². The zero-order valence-electron chi connectivity index (χ0n) is 9.45. The maximum Gasteiger partial charge on any atom is 0.259 e. The maximum absolute atomic E-state index is 13.8. The van der Waals surface area contributed by atoms with Crippen molar-refractivity contribution < 1.29 is 13.5 Å². The van der Waals surface area contributed by atoms with Crippen LogP contribution in [0.2, 0.25) is 0 Å². The summed E-state index contributed by atoms with van der Waals surface area (Å²) in [6, 6.07) is 4.15. The zero-order chi connectivity index (χ0) is 13.1. The molecule has 0 bridgehead atoms. The molecule has 2 aromatic rings. The van der Waals surface area contributed by atoms with Gasteiger partial charge in [-0.05, 0) is 24.6 Å². The van der Waals surface area contributed by atoms with E-state index in [4.69, 9.17) is 4.74 Å². The normalized spacial score (nSPS) is 10.4. The van der Waals surface area contributed by atoms with E-state index in [9.17, 15) is 8.78 Å². The van der Waals surface area contributed by atoms with E-state index in [2.05, 4.69) is 25.9 Å². The van der Waals surface area contributed by atoms with Crippen molar-refractivity contribution in [2.45, 2.75) is 13.3 Å². The number of aryl methyl sites for hydroxylation is 1. The average Bonchev–Trinajstić information content (AvgIpc) is 2.36. The average molecular weight is 315 g/mol. The van der Waals surface area contributed by atoms with Crippen LogP contribution in [0.1, 0.15) is 12.6 Å². The Hall–Kier alpha value is -1.56. The molecule has 0 saturated carbocycles. The lowest BCUT2D eigenvalue weighted by Crippen LogP contribution is -2.00. The number of nitrogens with zero attached hydrogens (tertiary/aromatic N) is 2. The van der Waals surface area contributed by atoms with E-state index in [1.165, 1.54) is 24.5 Å². The van der Waals surface area contributed by atoms with Crippen LogP contribution >= 0.6 is 15.9 Å². The first kappa shape index (κ1) is 12.9. The summed E-state index contributed by atoms with van der Waals surface area (Å²) in [5, 5.41) is 0. The standard InChI is InChI=1S/C12H9BrF2N2O/c1-2-9-11(15)12(17-6-16-9)18-10-5-7(13)3-4-8(10)14/h3-6H,2H2,1H3. The lowest BCUT2D eigenvalue weighted by molar-refractivity contribution is 0.392. The summed E-state index contributed by atoms with van der Waals surface area (Å²) in [6.45, 7) is 1.76. The Labute approximate surface area is 111 Å². The van der Waals surface area contributed by atoms with Crippen molar-refractivity contribution in [1.82, 2.24) is 9.97 Å². The molecule has 0 N–H and O–H groups in total. The van der Waals surface area contributed by atoms with Crippen LogP contribution < -0.4 is 4.74 Å². The van der Waals surface area contributed by atoms with Crippen molar-refractivity contribution in [1.29, 1.82) is 0 Å². The summed E-state index contributed by atoms with van der Waals surface area (Å²) in [4.78, 5) is 7.43. The minimum absolute atomic E-state index is 0.0935. The molecule has 18 heavy (non-hydrogen) atoms. The Kier molecular flexibility index (Phi) is 3.86. The van der Waals surface area contributed by atoms with Crippen LogP contribution in [0.15, 0.2) is 29.0 Å². The van der Waals surface area contributed by atoms with Gasteiger partial charge in [0.2, 0.25) is 5.82 Å². The van der Waals surface area contributed by atoms with Crippen LogP contribution in [0.3, 0.4) is 0 Å². The summed E-state index contributed by atoms with van der Waals surface area (Å²) < 4.78 is 33.0. The molecule has 0 unspecified atom stereocenters. The van der Waals surface area contributed by atoms with Gasteiger partial charge in [-0.2, -0.15) is 9.37 Å². The third-order valence-electron chi connectivity index (χ3n) is 2.26. The first-order chi connectivity index (χ1) is 8.61. The zero-order valence-corrected chi connectivity index (χ0v) is 11.0. The molecule has 0 atom stereocenters. The SMILES string of the molecule is CCc1ncnc(Oc2cc(Br)ccc2F)c1F. The predicted octanol–water partition coefficient (Wildman–Crippen LogP) is 3.87. The number of hydrogen-bond acceptors (Lipinski definition) is 3. The van der Waals surface area contributed by atoms with Gasteiger partial charge in [0.25, 0.3) is 5.88 Å². The van der Waals surface area contributed by atoms with E-state index in [1.807, 2.05) is 0 Å². The van der Waals surface area contributed by atoms with Crippen LogP contribution in [0.25, 0.3) is 0 Å². The third kappa shape index (κ3) is 2.64. The molecule has 0 spiro atoms. The largest absolute Gasteiger partial charge is 0.433 e. The number of halogens is 3. The van der Waals surface area contributed by atoms with Gasteiger partial charge in [0, 0.05) is 4.47 Å². The molecule has 0 saturated heterocycles. The Balaban J connectivity index is 2.37. The van der Waals surface area contributed by atoms with Gasteiger partial charge >= 0.3 is 0 Å². The summed E-state index contributed by atoms with van der Waals surface area (Å²) in [5.74, 6) is -1.63. The molecule has 3 nitrogen and oxygen atoms in total. The van der Waals surface area contributed by atoms with Gasteiger partial charge in [0.05, 0.1) is 5.69 Å². The van der Waals surface area contributed by atoms with Gasteiger partial charge < -0.3 is 4.74 Å². The third-order valence-corrected chi connectivity index (χ3v) is 2.76. The van der Waals surface area contributed by atoms with Gasteiger partial charge in [-0.3, -0.25) is 0 Å². The molecular formula is C12H9BrF2N2O. The van der Waals surface area contributed by atoms with E-state index < -0.39 is 11.6 Å². The quantitative estimate of drug-likeness (QED) is 0.862. The molecule has 0 amide bonds. The van der Waals surface area contributed by atoms with Gasteiger partial charge in [-0.25, -0.2) is 9.37 Å². The Morgan fingerprint density at radius 2 is 2.06 bits per heavy atom. The lowest BCUT2D eigenvalue weighted by atomic mass is 10.3. The van der Waals surface area contributed by atoms with Crippen LogP contribution in [0, 0.1) is 11.6 Å². The van der Waals surface area contributed by atoms with E-state index >= 15 is 0 Å². The summed E-state index contributed by atoms with van der Waals surface area (Å²) in [6.07, 6.45) is 1.60. The van der Waals surface area contributed by atoms with Gasteiger partial charge in [-0.15, -0.1) is 0 Å². The molecule has 6 heteroatoms. The highest BCUT2D eigenvalue weighted by molar-refractivity contribution is 9.10. The van der Waals surface area contributed by atoms with E-state index in [-0.39, 0.29) is 17.3 Å². The highest BCUT2D eigenvalue weighted by Crippen LogP contribution is 2.28. The van der Waals surface area contributed by atoms with Crippen LogP contribution in [0.4, 0.5) is 8.78 Å². The van der Waals surface area contributed by atoms with Crippen molar-refractivity contribution in [3.63, 3.8) is 0 Å². The predicted molar refractivity (Wildman–Crippen MR) is 65.5 cm³/mol. The highest BCUT2D eigenvalue weighted by atomic mass is 79.9. The molecule has 0 aliphatic rings. The number of benzene rings is 1. The molecule has 1 aromatic heterocycles. The molecule has 94 valence electrons. The second-order valence-electron chi connectivity index (χ2n) is 3.47. The van der Waals surface area contributed by atoms with Crippen molar-refractivity contribution in [2.24, 2.45) is 0 Å². The first-order valence-electron chi connectivity index (χ1n) is 5.24. The van der Waals surface area contributed by atoms with Gasteiger partial charge in [0.15, 0.2) is 11.6 Å². The molecule has 0 aliphatic heterocycles. The minimum Gasteiger partial charge on any atom is -0.433 e. The number of aromatic nitrogens is 2. The van der Waals surface area contributed by atoms with Crippen LogP contribution in [-0.4, -0.2) is 9.97 Å². The fourth-order valence-corrected chi connectivity index (χ4v) is 1.71. The number of hydrogen-bond donors (Lipinski definition) is 0. The minimum atomic E-state index is -0.667. The van der Waals surface area contributed by atoms with E-state index in [1.54, 1.807) is 6.92 Å². The second-order valence-corrected chi connectivity index (χ2v) is 4.39. The van der Waals surface area contributed by atoms with Crippen molar-refractivity contribution >= 4 is 15.9 Å². The fourth-order valence-electron chi connectivity index (χ4n) is 1.36. The van der Waals surface area contributed by atoms with Crippen molar-refractivity contribution in [3.05, 3.63) is 46.3 Å². The molecule has 0 aliphatic carbocycles. The summed E-state index contributed by atoms with van der Waals surface area (Å²) in [5.41, 5.74) is 0.232. The van der Waals surface area contributed by atoms with Gasteiger partial charge in [0.1, 0.15) is 6.33 Å². The second kappa shape index (κ2) is 5.39. The van der Waals surface area contributed by atoms with E-state index in [0.717, 1.165) is 0 Å². The van der Waals surface area contributed by atoms with Crippen molar-refractivity contribution in [2.75, 3.05) is 0 Å². The highest BCUT2D eigenvalue weighted by Gasteiger charge is 2.14. The fraction of sp³-hybridized carbons (Fsp3) is 0.167. The smallest absolute Gasteiger partial charge is 0.259 e. The monoisotopic (exact) mass is 314 g/mol. The lowest BCUT2D eigenvalue weighted by Gasteiger charge is -2.08. The summed E-state index contributed by atoms with van der Waals surface area (Å²) >= 11 is 3.18. The van der Waals surface area contributed by atoms with Gasteiger partial charge in [-0.1, -0.05) is 22.9 Å². The Morgan fingerprint density at radius 1 is 1.28 bits per heavy atom. The molecule has 2 rings (SSSR count). The molecular weight excluding hydrogens is 306 g/mol. The molecule has 1 heterocycles. The van der Waals surface area contributed by atoms with Crippen molar-refractivity contribution in [3.8, 4) is 11.6 Å². The maximum atomic E-state index is 13.8. The van der Waals surface area contributed by atoms with Crippen LogP contribution in [0.5, 0.6) is 11.6 Å². The first-order valence-corrected chi connectivity index (χ1v) is 6.03.